The van der Waals surface area contributed by atoms with Crippen molar-refractivity contribution in [1.82, 2.24) is 25.0 Å². The van der Waals surface area contributed by atoms with Crippen LogP contribution in [-0.2, 0) is 11.3 Å². The Morgan fingerprint density at radius 1 is 1.50 bits per heavy atom. The topological polar surface area (TPSA) is 55.2 Å². The molecule has 1 N–H and O–H groups in total. The summed E-state index contributed by atoms with van der Waals surface area (Å²) in [5, 5.41) is 7.78. The van der Waals surface area contributed by atoms with E-state index in [1.165, 1.54) is 12.8 Å². The van der Waals surface area contributed by atoms with Gasteiger partial charge in [0.1, 0.15) is 12.2 Å². The Morgan fingerprint density at radius 2 is 2.35 bits per heavy atom. The van der Waals surface area contributed by atoms with E-state index < -0.39 is 0 Å². The second-order valence-electron chi connectivity index (χ2n) is 5.68. The highest BCUT2D eigenvalue weighted by atomic mass is 16.5. The minimum Gasteiger partial charge on any atom is -0.383 e. The molecule has 0 aromatic carbocycles. The molecule has 6 nitrogen and oxygen atoms in total. The zero-order valence-electron chi connectivity index (χ0n) is 12.9. The van der Waals surface area contributed by atoms with Crippen molar-refractivity contribution < 1.29 is 4.74 Å². The molecular formula is C14H27N5O. The summed E-state index contributed by atoms with van der Waals surface area (Å²) >= 11 is 0. The molecule has 0 bridgehead atoms. The number of nitrogens with zero attached hydrogens (tertiary/aromatic N) is 4. The average molecular weight is 281 g/mol. The normalized spacial score (nSPS) is 20.1. The number of hydrogen-bond acceptors (Lipinski definition) is 5. The number of nitrogens with one attached hydrogen (secondary N) is 1. The van der Waals surface area contributed by atoms with Crippen molar-refractivity contribution in [2.24, 2.45) is 0 Å². The van der Waals surface area contributed by atoms with E-state index >= 15 is 0 Å². The van der Waals surface area contributed by atoms with Crippen LogP contribution in [-0.4, -0.2) is 59.1 Å². The summed E-state index contributed by atoms with van der Waals surface area (Å²) in [7, 11) is 1.74. The van der Waals surface area contributed by atoms with Crippen LogP contribution in [0.4, 0.5) is 0 Å². The minimum atomic E-state index is 0.369. The third kappa shape index (κ3) is 4.01. The fraction of sp³-hybridized carbons (Fsp3) is 0.857. The second kappa shape index (κ2) is 7.71. The lowest BCUT2D eigenvalue weighted by Crippen LogP contribution is -2.39. The first-order valence-corrected chi connectivity index (χ1v) is 7.54. The Hall–Kier alpha value is -0.980. The summed E-state index contributed by atoms with van der Waals surface area (Å²) in [5.41, 5.74) is 0. The SMILES string of the molecule is COCCNCC1CCCN1Cc1ncnn1C(C)C. The van der Waals surface area contributed by atoms with Gasteiger partial charge in [-0.05, 0) is 33.2 Å². The summed E-state index contributed by atoms with van der Waals surface area (Å²) in [5.74, 6) is 1.07. The van der Waals surface area contributed by atoms with E-state index in [4.69, 9.17) is 4.74 Å². The van der Waals surface area contributed by atoms with Crippen LogP contribution in [0.1, 0.15) is 38.6 Å². The van der Waals surface area contributed by atoms with Crippen LogP contribution in [0.5, 0.6) is 0 Å². The van der Waals surface area contributed by atoms with E-state index in [1.807, 2.05) is 4.68 Å². The number of aromatic nitrogens is 3. The molecule has 0 amide bonds. The van der Waals surface area contributed by atoms with Crippen LogP contribution in [0.3, 0.4) is 0 Å². The zero-order chi connectivity index (χ0) is 14.4. The molecule has 6 heteroatoms. The van der Waals surface area contributed by atoms with Crippen LogP contribution < -0.4 is 5.32 Å². The van der Waals surface area contributed by atoms with Gasteiger partial charge in [-0.3, -0.25) is 4.90 Å². The largest absolute Gasteiger partial charge is 0.383 e. The molecular weight excluding hydrogens is 254 g/mol. The Labute approximate surface area is 121 Å². The maximum absolute atomic E-state index is 5.06. The summed E-state index contributed by atoms with van der Waals surface area (Å²) in [4.78, 5) is 6.93. The highest BCUT2D eigenvalue weighted by Crippen LogP contribution is 2.19. The van der Waals surface area contributed by atoms with Gasteiger partial charge in [-0.25, -0.2) is 9.67 Å². The molecule has 114 valence electrons. The summed E-state index contributed by atoms with van der Waals surface area (Å²) in [6, 6.07) is 0.970. The van der Waals surface area contributed by atoms with Gasteiger partial charge in [0.25, 0.3) is 0 Å². The van der Waals surface area contributed by atoms with Crippen molar-refractivity contribution in [3.63, 3.8) is 0 Å². The first-order valence-electron chi connectivity index (χ1n) is 7.54. The lowest BCUT2D eigenvalue weighted by atomic mass is 10.2. The fourth-order valence-electron chi connectivity index (χ4n) is 2.78. The Balaban J connectivity index is 1.85. The molecule has 1 fully saturated rings. The zero-order valence-corrected chi connectivity index (χ0v) is 12.9. The first kappa shape index (κ1) is 15.4. The van der Waals surface area contributed by atoms with Crippen LogP contribution >= 0.6 is 0 Å². The molecule has 20 heavy (non-hydrogen) atoms. The summed E-state index contributed by atoms with van der Waals surface area (Å²) in [6.07, 6.45) is 4.19. The van der Waals surface area contributed by atoms with E-state index in [-0.39, 0.29) is 0 Å². The molecule has 1 aliphatic rings. The predicted molar refractivity (Wildman–Crippen MR) is 78.6 cm³/mol. The molecule has 0 radical (unpaired) electrons. The number of hydrogen-bond donors (Lipinski definition) is 1. The average Bonchev–Trinajstić information content (AvgIpc) is 3.05. The lowest BCUT2D eigenvalue weighted by Gasteiger charge is -2.24. The standard InChI is InChI=1S/C14H27N5O/c1-12(2)19-14(16-11-17-19)10-18-7-4-5-13(18)9-15-6-8-20-3/h11-13,15H,4-10H2,1-3H3. The number of likely N-dealkylation sites (tertiary alicyclic amines) is 1. The van der Waals surface area contributed by atoms with Crippen molar-refractivity contribution in [1.29, 1.82) is 0 Å². The van der Waals surface area contributed by atoms with Crippen molar-refractivity contribution in [2.45, 2.75) is 45.3 Å². The summed E-state index contributed by atoms with van der Waals surface area (Å²) < 4.78 is 7.08. The van der Waals surface area contributed by atoms with E-state index in [0.29, 0.717) is 12.1 Å². The molecule has 0 spiro atoms. The van der Waals surface area contributed by atoms with Gasteiger partial charge in [0.05, 0.1) is 13.2 Å². The first-order chi connectivity index (χ1) is 9.72. The third-order valence-corrected chi connectivity index (χ3v) is 3.84. The lowest BCUT2D eigenvalue weighted by molar-refractivity contribution is 0.189. The molecule has 1 unspecified atom stereocenters. The quantitative estimate of drug-likeness (QED) is 0.722. The Bertz CT molecular complexity index is 393. The van der Waals surface area contributed by atoms with Gasteiger partial charge in [-0.1, -0.05) is 0 Å². The molecule has 0 saturated carbocycles. The van der Waals surface area contributed by atoms with E-state index in [0.717, 1.165) is 38.6 Å². The highest BCUT2D eigenvalue weighted by molar-refractivity contribution is 4.91. The molecule has 1 atom stereocenters. The fourth-order valence-corrected chi connectivity index (χ4v) is 2.78. The molecule has 1 aromatic heterocycles. The van der Waals surface area contributed by atoms with Crippen molar-refractivity contribution in [3.05, 3.63) is 12.2 Å². The van der Waals surface area contributed by atoms with Gasteiger partial charge < -0.3 is 10.1 Å². The summed E-state index contributed by atoms with van der Waals surface area (Å²) in [6.45, 7) is 9.06. The predicted octanol–water partition coefficient (Wildman–Crippen LogP) is 1.06. The van der Waals surface area contributed by atoms with Gasteiger partial charge >= 0.3 is 0 Å². The van der Waals surface area contributed by atoms with Crippen LogP contribution in [0.15, 0.2) is 6.33 Å². The monoisotopic (exact) mass is 281 g/mol. The van der Waals surface area contributed by atoms with Crippen molar-refractivity contribution >= 4 is 0 Å². The van der Waals surface area contributed by atoms with E-state index in [2.05, 4.69) is 34.1 Å². The Morgan fingerprint density at radius 3 is 3.10 bits per heavy atom. The smallest absolute Gasteiger partial charge is 0.141 e. The maximum atomic E-state index is 5.06. The Kier molecular flexibility index (Phi) is 5.94. The second-order valence-corrected chi connectivity index (χ2v) is 5.68. The number of ether oxygens (including phenoxy) is 1. The van der Waals surface area contributed by atoms with Gasteiger partial charge in [-0.2, -0.15) is 5.10 Å². The van der Waals surface area contributed by atoms with Crippen molar-refractivity contribution in [2.75, 3.05) is 33.4 Å². The van der Waals surface area contributed by atoms with Gasteiger partial charge in [0, 0.05) is 32.3 Å². The molecule has 0 aliphatic carbocycles. The van der Waals surface area contributed by atoms with Crippen LogP contribution in [0.2, 0.25) is 0 Å². The molecule has 1 aromatic rings. The highest BCUT2D eigenvalue weighted by Gasteiger charge is 2.25. The van der Waals surface area contributed by atoms with E-state index in [1.54, 1.807) is 13.4 Å². The van der Waals surface area contributed by atoms with E-state index in [9.17, 15) is 0 Å². The molecule has 1 aliphatic heterocycles. The van der Waals surface area contributed by atoms with Gasteiger partial charge in [0.2, 0.25) is 0 Å². The number of rotatable bonds is 8. The van der Waals surface area contributed by atoms with Gasteiger partial charge in [-0.15, -0.1) is 0 Å². The number of methoxy groups -OCH3 is 1. The third-order valence-electron chi connectivity index (χ3n) is 3.84. The molecule has 2 rings (SSSR count). The molecule has 2 heterocycles. The maximum Gasteiger partial charge on any atom is 0.141 e. The minimum absolute atomic E-state index is 0.369. The molecule has 1 saturated heterocycles. The van der Waals surface area contributed by atoms with Gasteiger partial charge in [0.15, 0.2) is 0 Å². The van der Waals surface area contributed by atoms with Crippen LogP contribution in [0, 0.1) is 0 Å². The van der Waals surface area contributed by atoms with Crippen LogP contribution in [0.25, 0.3) is 0 Å². The van der Waals surface area contributed by atoms with Crippen molar-refractivity contribution in [3.8, 4) is 0 Å².